The molecule has 3 rings (SSSR count). The van der Waals surface area contributed by atoms with Crippen molar-refractivity contribution >= 4 is 53.8 Å². The summed E-state index contributed by atoms with van der Waals surface area (Å²) in [5, 5.41) is 8.36. The maximum atomic E-state index is 12.1. The first kappa shape index (κ1) is 25.3. The van der Waals surface area contributed by atoms with Gasteiger partial charge in [0, 0.05) is 42.4 Å². The number of thiophene rings is 1. The second kappa shape index (κ2) is 12.7. The minimum absolute atomic E-state index is 0. The molecule has 2 heterocycles. The summed E-state index contributed by atoms with van der Waals surface area (Å²) in [5.74, 6) is 0.110. The van der Waals surface area contributed by atoms with Gasteiger partial charge < -0.3 is 10.6 Å². The van der Waals surface area contributed by atoms with Crippen molar-refractivity contribution in [2.24, 2.45) is 0 Å². The fourth-order valence-corrected chi connectivity index (χ4v) is 4.66. The van der Waals surface area contributed by atoms with Gasteiger partial charge in [-0.3, -0.25) is 9.69 Å². The molecule has 1 aromatic heterocycles. The molecule has 1 unspecified atom stereocenters. The molecule has 156 valence electrons. The van der Waals surface area contributed by atoms with Crippen molar-refractivity contribution in [1.29, 1.82) is 0 Å². The molecule has 0 spiro atoms. The Morgan fingerprint density at radius 1 is 1.25 bits per heavy atom. The van der Waals surface area contributed by atoms with Crippen LogP contribution in [0.5, 0.6) is 0 Å². The summed E-state index contributed by atoms with van der Waals surface area (Å²) in [6, 6.07) is 11.2. The van der Waals surface area contributed by atoms with Gasteiger partial charge in [0.2, 0.25) is 5.91 Å². The first-order valence-electron chi connectivity index (χ1n) is 9.06. The minimum Gasteiger partial charge on any atom is -0.354 e. The Kier molecular flexibility index (Phi) is 11.5. The van der Waals surface area contributed by atoms with Crippen LogP contribution in [0.3, 0.4) is 0 Å². The molecule has 1 aliphatic rings. The molecule has 1 atom stereocenters. The van der Waals surface area contributed by atoms with Crippen LogP contribution >= 0.6 is 47.9 Å². The maximum Gasteiger partial charge on any atom is 0.221 e. The molecule has 4 nitrogen and oxygen atoms in total. The Labute approximate surface area is 188 Å². The summed E-state index contributed by atoms with van der Waals surface area (Å²) in [4.78, 5) is 17.4. The minimum atomic E-state index is 0. The summed E-state index contributed by atoms with van der Waals surface area (Å²) in [6.07, 6.45) is 3.71. The van der Waals surface area contributed by atoms with Gasteiger partial charge in [0.1, 0.15) is 0 Å². The second-order valence-electron chi connectivity index (χ2n) is 6.54. The van der Waals surface area contributed by atoms with Crippen LogP contribution < -0.4 is 10.6 Å². The third-order valence-corrected chi connectivity index (χ3v) is 6.64. The molecular formula is C20H29Cl2N3OS2. The molecule has 0 saturated heterocycles. The number of amides is 1. The van der Waals surface area contributed by atoms with Crippen LogP contribution in [0.15, 0.2) is 40.6 Å². The number of carbonyl (C=O) groups is 1. The number of rotatable bonds is 8. The summed E-state index contributed by atoms with van der Waals surface area (Å²) in [7, 11) is 1.87. The molecule has 0 aliphatic carbocycles. The van der Waals surface area contributed by atoms with Crippen molar-refractivity contribution < 1.29 is 4.79 Å². The number of fused-ring (bicyclic) bond motifs is 1. The third-order valence-electron chi connectivity index (χ3n) is 4.87. The molecule has 1 aromatic carbocycles. The van der Waals surface area contributed by atoms with Crippen LogP contribution in [-0.4, -0.2) is 43.7 Å². The zero-order chi connectivity index (χ0) is 18.4. The molecule has 0 bridgehead atoms. The number of halogens is 2. The maximum absolute atomic E-state index is 12.1. The van der Waals surface area contributed by atoms with Gasteiger partial charge in [0.25, 0.3) is 0 Å². The molecule has 2 aromatic rings. The van der Waals surface area contributed by atoms with E-state index in [1.165, 1.54) is 20.9 Å². The van der Waals surface area contributed by atoms with Crippen molar-refractivity contribution in [3.05, 3.63) is 51.7 Å². The van der Waals surface area contributed by atoms with Crippen molar-refractivity contribution in [2.45, 2.75) is 30.3 Å². The van der Waals surface area contributed by atoms with Crippen LogP contribution in [0.1, 0.15) is 28.5 Å². The van der Waals surface area contributed by atoms with E-state index in [4.69, 9.17) is 0 Å². The van der Waals surface area contributed by atoms with E-state index < -0.39 is 0 Å². The zero-order valence-electron chi connectivity index (χ0n) is 16.3. The Hall–Kier alpha value is -0.760. The van der Waals surface area contributed by atoms with Gasteiger partial charge in [-0.15, -0.1) is 47.9 Å². The lowest BCUT2D eigenvalue weighted by Crippen LogP contribution is -2.40. The van der Waals surface area contributed by atoms with Gasteiger partial charge in [0.05, 0.1) is 6.04 Å². The molecule has 0 fully saturated rings. The highest BCUT2D eigenvalue weighted by Gasteiger charge is 2.25. The molecular weight excluding hydrogens is 433 g/mol. The van der Waals surface area contributed by atoms with Crippen molar-refractivity contribution in [3.63, 3.8) is 0 Å². The monoisotopic (exact) mass is 461 g/mol. The number of thioether (sulfide) groups is 1. The van der Waals surface area contributed by atoms with E-state index in [0.717, 1.165) is 19.5 Å². The van der Waals surface area contributed by atoms with E-state index in [1.54, 1.807) is 11.8 Å². The average molecular weight is 463 g/mol. The number of hydrogen-bond donors (Lipinski definition) is 2. The normalized spacial score (nSPS) is 14.4. The molecule has 0 saturated carbocycles. The number of benzene rings is 1. The van der Waals surface area contributed by atoms with Crippen LogP contribution in [0, 0.1) is 0 Å². The van der Waals surface area contributed by atoms with Gasteiger partial charge in [-0.25, -0.2) is 0 Å². The van der Waals surface area contributed by atoms with E-state index in [1.807, 2.05) is 18.4 Å². The Morgan fingerprint density at radius 3 is 2.68 bits per heavy atom. The lowest BCUT2D eigenvalue weighted by Gasteiger charge is -2.35. The summed E-state index contributed by atoms with van der Waals surface area (Å²) in [5.41, 5.74) is 2.71. The Morgan fingerprint density at radius 2 is 2.00 bits per heavy atom. The lowest BCUT2D eigenvalue weighted by molar-refractivity contribution is -0.121. The Balaban J connectivity index is 0.00000196. The molecule has 2 N–H and O–H groups in total. The van der Waals surface area contributed by atoms with Gasteiger partial charge in [-0.05, 0) is 54.4 Å². The average Bonchev–Trinajstić information content (AvgIpc) is 3.15. The fourth-order valence-electron chi connectivity index (χ4n) is 3.36. The van der Waals surface area contributed by atoms with E-state index in [2.05, 4.69) is 57.5 Å². The predicted octanol–water partition coefficient (Wildman–Crippen LogP) is 4.14. The lowest BCUT2D eigenvalue weighted by atomic mass is 10.0. The van der Waals surface area contributed by atoms with Crippen LogP contribution in [-0.2, 0) is 17.8 Å². The number of hydrogen-bond acceptors (Lipinski definition) is 5. The predicted molar refractivity (Wildman–Crippen MR) is 125 cm³/mol. The van der Waals surface area contributed by atoms with E-state index in [9.17, 15) is 4.79 Å². The van der Waals surface area contributed by atoms with E-state index >= 15 is 0 Å². The van der Waals surface area contributed by atoms with Crippen LogP contribution in [0.2, 0.25) is 0 Å². The highest BCUT2D eigenvalue weighted by atomic mass is 35.5. The highest BCUT2D eigenvalue weighted by Crippen LogP contribution is 2.31. The van der Waals surface area contributed by atoms with Gasteiger partial charge in [-0.2, -0.15) is 0 Å². The molecule has 8 heteroatoms. The standard InChI is InChI=1S/C20H27N3OS2.2ClH/c1-21-10-7-20(24)22-13-18(15-3-5-17(25-2)6-4-15)23-11-8-19-16(14-23)9-12-26-19;;/h3-6,9,12,18,21H,7-8,10-11,13-14H2,1-2H3,(H,22,24);2*1H. The summed E-state index contributed by atoms with van der Waals surface area (Å²) in [6.45, 7) is 3.36. The van der Waals surface area contributed by atoms with Gasteiger partial charge in [-0.1, -0.05) is 12.1 Å². The van der Waals surface area contributed by atoms with Gasteiger partial charge >= 0.3 is 0 Å². The number of nitrogens with zero attached hydrogens (tertiary/aromatic N) is 1. The zero-order valence-corrected chi connectivity index (χ0v) is 19.5. The summed E-state index contributed by atoms with van der Waals surface area (Å²) < 4.78 is 0. The van der Waals surface area contributed by atoms with Crippen LogP contribution in [0.4, 0.5) is 0 Å². The van der Waals surface area contributed by atoms with Gasteiger partial charge in [0.15, 0.2) is 0 Å². The SMILES string of the molecule is CNCCC(=O)NCC(c1ccc(SC)cc1)N1CCc2sccc2C1.Cl.Cl. The topological polar surface area (TPSA) is 44.4 Å². The number of nitrogens with one attached hydrogen (secondary N) is 2. The molecule has 28 heavy (non-hydrogen) atoms. The first-order valence-corrected chi connectivity index (χ1v) is 11.2. The smallest absolute Gasteiger partial charge is 0.221 e. The largest absolute Gasteiger partial charge is 0.354 e. The van der Waals surface area contributed by atoms with Crippen LogP contribution in [0.25, 0.3) is 0 Å². The molecule has 0 radical (unpaired) electrons. The highest BCUT2D eigenvalue weighted by molar-refractivity contribution is 7.98. The number of carbonyl (C=O) groups excluding carboxylic acids is 1. The quantitative estimate of drug-likeness (QED) is 0.579. The van der Waals surface area contributed by atoms with E-state index in [-0.39, 0.29) is 36.8 Å². The molecule has 1 aliphatic heterocycles. The third kappa shape index (κ3) is 6.65. The summed E-state index contributed by atoms with van der Waals surface area (Å²) >= 11 is 3.62. The first-order chi connectivity index (χ1) is 12.7. The van der Waals surface area contributed by atoms with Crippen molar-refractivity contribution in [2.75, 3.05) is 32.9 Å². The van der Waals surface area contributed by atoms with Crippen molar-refractivity contribution in [3.8, 4) is 0 Å². The van der Waals surface area contributed by atoms with E-state index in [0.29, 0.717) is 19.5 Å². The second-order valence-corrected chi connectivity index (χ2v) is 8.42. The fraction of sp³-hybridized carbons (Fsp3) is 0.450. The molecule has 1 amide bonds. The Bertz CT molecular complexity index is 724. The van der Waals surface area contributed by atoms with Crippen molar-refractivity contribution in [1.82, 2.24) is 15.5 Å².